The Labute approximate surface area is 161 Å². The summed E-state index contributed by atoms with van der Waals surface area (Å²) in [6, 6.07) is 9.44. The van der Waals surface area contributed by atoms with E-state index in [1.807, 2.05) is 39.1 Å². The number of hydrogen-bond acceptors (Lipinski definition) is 4. The van der Waals surface area contributed by atoms with Crippen LogP contribution in [-0.2, 0) is 4.79 Å². The lowest BCUT2D eigenvalue weighted by Gasteiger charge is -2.13. The molecule has 0 unspecified atom stereocenters. The topological polar surface area (TPSA) is 63.2 Å². The van der Waals surface area contributed by atoms with Crippen LogP contribution in [0.3, 0.4) is 0 Å². The maximum absolute atomic E-state index is 12.0. The van der Waals surface area contributed by atoms with Crippen LogP contribution in [0.1, 0.15) is 24.0 Å². The third kappa shape index (κ3) is 6.90. The van der Waals surface area contributed by atoms with Crippen LogP contribution in [-0.4, -0.2) is 24.5 Å². The highest BCUT2D eigenvalue weighted by molar-refractivity contribution is 5.91. The van der Waals surface area contributed by atoms with Crippen molar-refractivity contribution in [3.8, 4) is 11.6 Å². The van der Waals surface area contributed by atoms with Crippen molar-refractivity contribution in [2.75, 3.05) is 18.9 Å². The van der Waals surface area contributed by atoms with E-state index in [4.69, 9.17) is 4.74 Å². The number of carbonyl (C=O) groups excluding carboxylic acids is 1. The zero-order chi connectivity index (χ0) is 16.7. The molecular weight excluding hydrogens is 361 g/mol. The van der Waals surface area contributed by atoms with Crippen molar-refractivity contribution in [3.63, 3.8) is 0 Å². The van der Waals surface area contributed by atoms with E-state index < -0.39 is 0 Å². The Kier molecular flexibility index (Phi) is 10.8. The van der Waals surface area contributed by atoms with E-state index in [2.05, 4.69) is 15.6 Å². The number of rotatable bonds is 7. The van der Waals surface area contributed by atoms with Gasteiger partial charge in [0.05, 0.1) is 0 Å². The zero-order valence-corrected chi connectivity index (χ0v) is 16.3. The molecule has 1 aromatic heterocycles. The van der Waals surface area contributed by atoms with E-state index in [9.17, 15) is 4.79 Å². The summed E-state index contributed by atoms with van der Waals surface area (Å²) in [6.07, 6.45) is 2.89. The van der Waals surface area contributed by atoms with Crippen LogP contribution in [0.5, 0.6) is 11.6 Å². The molecule has 1 amide bonds. The molecule has 5 nitrogen and oxygen atoms in total. The molecule has 1 heterocycles. The smallest absolute Gasteiger partial charge is 0.243 e. The molecule has 1 aromatic carbocycles. The van der Waals surface area contributed by atoms with Crippen LogP contribution in [0.2, 0.25) is 0 Å². The van der Waals surface area contributed by atoms with E-state index in [1.54, 1.807) is 18.3 Å². The number of nitrogens with one attached hydrogen (secondary N) is 2. The minimum absolute atomic E-state index is 0. The third-order valence-corrected chi connectivity index (χ3v) is 3.64. The molecule has 0 fully saturated rings. The number of anilines is 1. The van der Waals surface area contributed by atoms with Crippen LogP contribution in [0, 0.1) is 13.8 Å². The van der Waals surface area contributed by atoms with Gasteiger partial charge in [0.2, 0.25) is 11.8 Å². The van der Waals surface area contributed by atoms with Crippen molar-refractivity contribution in [2.45, 2.75) is 26.7 Å². The van der Waals surface area contributed by atoms with Gasteiger partial charge in [-0.25, -0.2) is 4.98 Å². The molecular formula is C18H25Cl2N3O2. The Morgan fingerprint density at radius 1 is 1.16 bits per heavy atom. The number of halogens is 2. The predicted molar refractivity (Wildman–Crippen MR) is 107 cm³/mol. The second-order valence-corrected chi connectivity index (χ2v) is 5.41. The van der Waals surface area contributed by atoms with Crippen molar-refractivity contribution < 1.29 is 9.53 Å². The summed E-state index contributed by atoms with van der Waals surface area (Å²) in [5.41, 5.74) is 2.79. The number of aryl methyl sites for hydroxylation is 1. The maximum Gasteiger partial charge on any atom is 0.243 e. The fourth-order valence-electron chi connectivity index (χ4n) is 2.14. The Bertz CT molecular complexity index is 681. The van der Waals surface area contributed by atoms with Gasteiger partial charge in [-0.1, -0.05) is 12.1 Å². The van der Waals surface area contributed by atoms with E-state index in [0.717, 1.165) is 29.8 Å². The van der Waals surface area contributed by atoms with Crippen molar-refractivity contribution in [2.24, 2.45) is 0 Å². The van der Waals surface area contributed by atoms with Gasteiger partial charge in [0.15, 0.2) is 0 Å². The molecule has 2 N–H and O–H groups in total. The van der Waals surface area contributed by atoms with Gasteiger partial charge in [-0.05, 0) is 63.2 Å². The van der Waals surface area contributed by atoms with Gasteiger partial charge in [0, 0.05) is 12.6 Å². The van der Waals surface area contributed by atoms with E-state index in [0.29, 0.717) is 18.0 Å². The Hall–Kier alpha value is -1.82. The standard InChI is InChI=1S/C18H23N3O2.2ClH/c1-13-7-4-9-16(14(13)2)23-18-15(8-5-12-20-18)21-17(22)10-6-11-19-3;;/h4-5,7-9,12,19H,6,10-11H2,1-3H3,(H,21,22);2*1H. The Morgan fingerprint density at radius 2 is 1.92 bits per heavy atom. The minimum atomic E-state index is -0.0425. The summed E-state index contributed by atoms with van der Waals surface area (Å²) < 4.78 is 5.91. The number of carbonyl (C=O) groups is 1. The molecule has 0 bridgehead atoms. The minimum Gasteiger partial charge on any atom is -0.437 e. The van der Waals surface area contributed by atoms with Crippen molar-refractivity contribution >= 4 is 36.4 Å². The van der Waals surface area contributed by atoms with Gasteiger partial charge >= 0.3 is 0 Å². The highest BCUT2D eigenvalue weighted by Gasteiger charge is 2.11. The average Bonchev–Trinajstić information content (AvgIpc) is 2.54. The summed E-state index contributed by atoms with van der Waals surface area (Å²) >= 11 is 0. The van der Waals surface area contributed by atoms with E-state index in [1.165, 1.54) is 0 Å². The largest absolute Gasteiger partial charge is 0.437 e. The summed E-state index contributed by atoms with van der Waals surface area (Å²) in [6.45, 7) is 4.85. The van der Waals surface area contributed by atoms with Gasteiger partial charge in [-0.2, -0.15) is 0 Å². The summed E-state index contributed by atoms with van der Waals surface area (Å²) in [5, 5.41) is 5.89. The van der Waals surface area contributed by atoms with Crippen LogP contribution < -0.4 is 15.4 Å². The first-order valence-corrected chi connectivity index (χ1v) is 7.75. The maximum atomic E-state index is 12.0. The Balaban J connectivity index is 0.00000288. The van der Waals surface area contributed by atoms with Crippen LogP contribution >= 0.6 is 24.8 Å². The molecule has 0 aliphatic rings. The third-order valence-electron chi connectivity index (χ3n) is 3.64. The van der Waals surface area contributed by atoms with Crippen LogP contribution in [0.25, 0.3) is 0 Å². The quantitative estimate of drug-likeness (QED) is 0.698. The molecule has 2 aromatic rings. The lowest BCUT2D eigenvalue weighted by atomic mass is 10.1. The van der Waals surface area contributed by atoms with Gasteiger partial charge in [0.1, 0.15) is 11.4 Å². The number of ether oxygens (including phenoxy) is 1. The molecule has 0 aliphatic carbocycles. The molecule has 25 heavy (non-hydrogen) atoms. The first kappa shape index (κ1) is 23.2. The summed E-state index contributed by atoms with van der Waals surface area (Å²) in [4.78, 5) is 16.2. The van der Waals surface area contributed by atoms with Crippen LogP contribution in [0.15, 0.2) is 36.5 Å². The van der Waals surface area contributed by atoms with Crippen molar-refractivity contribution in [3.05, 3.63) is 47.7 Å². The lowest BCUT2D eigenvalue weighted by Crippen LogP contribution is -2.15. The molecule has 138 valence electrons. The second-order valence-electron chi connectivity index (χ2n) is 5.41. The molecule has 0 spiro atoms. The number of pyridine rings is 1. The average molecular weight is 386 g/mol. The molecule has 0 saturated heterocycles. The van der Waals surface area contributed by atoms with Gasteiger partial charge < -0.3 is 15.4 Å². The Morgan fingerprint density at radius 3 is 2.64 bits per heavy atom. The SMILES string of the molecule is CNCCCC(=O)Nc1cccnc1Oc1cccc(C)c1C.Cl.Cl. The molecule has 0 aliphatic heterocycles. The number of hydrogen-bond donors (Lipinski definition) is 2. The molecule has 7 heteroatoms. The van der Waals surface area contributed by atoms with Gasteiger partial charge in [-0.15, -0.1) is 24.8 Å². The molecule has 0 saturated carbocycles. The van der Waals surface area contributed by atoms with Crippen molar-refractivity contribution in [1.29, 1.82) is 0 Å². The number of amides is 1. The molecule has 0 radical (unpaired) electrons. The fourth-order valence-corrected chi connectivity index (χ4v) is 2.14. The number of nitrogens with zero attached hydrogens (tertiary/aromatic N) is 1. The van der Waals surface area contributed by atoms with Crippen molar-refractivity contribution in [1.82, 2.24) is 10.3 Å². The fraction of sp³-hybridized carbons (Fsp3) is 0.333. The highest BCUT2D eigenvalue weighted by Crippen LogP contribution is 2.30. The van der Waals surface area contributed by atoms with E-state index >= 15 is 0 Å². The first-order valence-electron chi connectivity index (χ1n) is 7.75. The van der Waals surface area contributed by atoms with Crippen LogP contribution in [0.4, 0.5) is 5.69 Å². The second kappa shape index (κ2) is 11.7. The van der Waals surface area contributed by atoms with Gasteiger partial charge in [-0.3, -0.25) is 4.79 Å². The number of aromatic nitrogens is 1. The van der Waals surface area contributed by atoms with E-state index in [-0.39, 0.29) is 30.7 Å². The normalized spacial score (nSPS) is 9.56. The summed E-state index contributed by atoms with van der Waals surface area (Å²) in [5.74, 6) is 1.11. The zero-order valence-electron chi connectivity index (χ0n) is 14.7. The summed E-state index contributed by atoms with van der Waals surface area (Å²) in [7, 11) is 1.87. The lowest BCUT2D eigenvalue weighted by molar-refractivity contribution is -0.116. The molecule has 2 rings (SSSR count). The monoisotopic (exact) mass is 385 g/mol. The first-order chi connectivity index (χ1) is 11.1. The van der Waals surface area contributed by atoms with Gasteiger partial charge in [0.25, 0.3) is 0 Å². The highest BCUT2D eigenvalue weighted by atomic mass is 35.5. The predicted octanol–water partition coefficient (Wildman–Crippen LogP) is 4.27. The molecule has 0 atom stereocenters. The number of benzene rings is 1.